The van der Waals surface area contributed by atoms with Crippen LogP contribution in [0, 0.1) is 0 Å². The minimum Gasteiger partial charge on any atom is -0.378 e. The molecule has 5 nitrogen and oxygen atoms in total. The molecule has 0 aromatic carbocycles. The van der Waals surface area contributed by atoms with E-state index < -0.39 is 0 Å². The van der Waals surface area contributed by atoms with Crippen molar-refractivity contribution in [1.82, 2.24) is 10.2 Å². The number of rotatable bonds is 8. The van der Waals surface area contributed by atoms with Crippen molar-refractivity contribution in [2.24, 2.45) is 0 Å². The first-order chi connectivity index (χ1) is 8.69. The molecule has 1 saturated heterocycles. The fourth-order valence-corrected chi connectivity index (χ4v) is 2.12. The summed E-state index contributed by atoms with van der Waals surface area (Å²) < 4.78 is 5.52. The Labute approximate surface area is 109 Å². The first kappa shape index (κ1) is 15.0. The number of carbonyl (C=O) groups is 2. The summed E-state index contributed by atoms with van der Waals surface area (Å²) >= 11 is 0. The van der Waals surface area contributed by atoms with Gasteiger partial charge in [0.05, 0.1) is 6.10 Å². The molecule has 104 valence electrons. The van der Waals surface area contributed by atoms with Crippen LogP contribution >= 0.6 is 0 Å². The van der Waals surface area contributed by atoms with Gasteiger partial charge in [0.1, 0.15) is 6.04 Å². The number of carbonyl (C=O) groups excluding carboxylic acids is 2. The van der Waals surface area contributed by atoms with Crippen LogP contribution in [-0.4, -0.2) is 49.1 Å². The summed E-state index contributed by atoms with van der Waals surface area (Å²) in [5.41, 5.74) is 0. The fraction of sp³-hybridized carbons (Fsp3) is 0.846. The zero-order valence-corrected chi connectivity index (χ0v) is 11.4. The molecule has 1 aliphatic rings. The standard InChI is InChI=1S/C13H24N2O3/c1-3-9-18-11(2)6-7-14-13(17)12-5-4-8-15(12)10-16/h10-12H,3-9H2,1-2H3,(H,14,17)/t11-,12-/m0/s1. The number of likely N-dealkylation sites (tertiary alicyclic amines) is 1. The molecular formula is C13H24N2O3. The van der Waals surface area contributed by atoms with Gasteiger partial charge in [0.15, 0.2) is 0 Å². The normalized spacial score (nSPS) is 20.8. The lowest BCUT2D eigenvalue weighted by Crippen LogP contribution is -2.43. The molecule has 0 saturated carbocycles. The molecule has 1 rings (SSSR count). The SMILES string of the molecule is CCCO[C@@H](C)CCNC(=O)[C@@H]1CCCN1C=O. The second-order valence-electron chi connectivity index (χ2n) is 4.76. The molecular weight excluding hydrogens is 232 g/mol. The van der Waals surface area contributed by atoms with Crippen LogP contribution in [0.1, 0.15) is 39.5 Å². The molecule has 0 aromatic heterocycles. The average Bonchev–Trinajstić information content (AvgIpc) is 2.84. The topological polar surface area (TPSA) is 58.6 Å². The number of ether oxygens (including phenoxy) is 1. The van der Waals surface area contributed by atoms with E-state index in [2.05, 4.69) is 12.2 Å². The highest BCUT2D eigenvalue weighted by molar-refractivity contribution is 5.83. The van der Waals surface area contributed by atoms with Crippen LogP contribution in [0.4, 0.5) is 0 Å². The molecule has 0 spiro atoms. The summed E-state index contributed by atoms with van der Waals surface area (Å²) in [4.78, 5) is 24.2. The Bertz CT molecular complexity index is 271. The first-order valence-electron chi connectivity index (χ1n) is 6.79. The molecule has 1 N–H and O–H groups in total. The molecule has 5 heteroatoms. The van der Waals surface area contributed by atoms with Gasteiger partial charge in [-0.15, -0.1) is 0 Å². The van der Waals surface area contributed by atoms with Gasteiger partial charge in [-0.3, -0.25) is 9.59 Å². The van der Waals surface area contributed by atoms with Crippen LogP contribution in [0.2, 0.25) is 0 Å². The second kappa shape index (κ2) is 8.08. The Kier molecular flexibility index (Phi) is 6.72. The average molecular weight is 256 g/mol. The van der Waals surface area contributed by atoms with E-state index in [-0.39, 0.29) is 18.1 Å². The van der Waals surface area contributed by atoms with Crippen LogP contribution in [0.25, 0.3) is 0 Å². The highest BCUT2D eigenvalue weighted by Crippen LogP contribution is 2.14. The number of hydrogen-bond donors (Lipinski definition) is 1. The first-order valence-corrected chi connectivity index (χ1v) is 6.79. The van der Waals surface area contributed by atoms with Crippen molar-refractivity contribution in [2.75, 3.05) is 19.7 Å². The van der Waals surface area contributed by atoms with Crippen LogP contribution < -0.4 is 5.32 Å². The zero-order valence-electron chi connectivity index (χ0n) is 11.4. The highest BCUT2D eigenvalue weighted by Gasteiger charge is 2.29. The fourth-order valence-electron chi connectivity index (χ4n) is 2.12. The second-order valence-corrected chi connectivity index (χ2v) is 4.76. The molecule has 1 aliphatic heterocycles. The van der Waals surface area contributed by atoms with Crippen molar-refractivity contribution in [3.8, 4) is 0 Å². The van der Waals surface area contributed by atoms with Crippen molar-refractivity contribution in [3.63, 3.8) is 0 Å². The van der Waals surface area contributed by atoms with Gasteiger partial charge in [-0.2, -0.15) is 0 Å². The third kappa shape index (κ3) is 4.64. The maximum absolute atomic E-state index is 11.9. The number of amides is 2. The highest BCUT2D eigenvalue weighted by atomic mass is 16.5. The Balaban J connectivity index is 2.18. The van der Waals surface area contributed by atoms with Gasteiger partial charge in [-0.05, 0) is 32.6 Å². The molecule has 18 heavy (non-hydrogen) atoms. The van der Waals surface area contributed by atoms with Crippen LogP contribution in [0.15, 0.2) is 0 Å². The lowest BCUT2D eigenvalue weighted by molar-refractivity contribution is -0.131. The molecule has 1 fully saturated rings. The van der Waals surface area contributed by atoms with E-state index in [0.717, 1.165) is 38.7 Å². The van der Waals surface area contributed by atoms with E-state index in [9.17, 15) is 9.59 Å². The van der Waals surface area contributed by atoms with E-state index in [4.69, 9.17) is 4.74 Å². The van der Waals surface area contributed by atoms with Crippen molar-refractivity contribution in [2.45, 2.75) is 51.7 Å². The minimum absolute atomic E-state index is 0.0395. The predicted octanol–water partition coefficient (Wildman–Crippen LogP) is 0.929. The molecule has 0 radical (unpaired) electrons. The summed E-state index contributed by atoms with van der Waals surface area (Å²) in [6, 6.07) is -0.269. The van der Waals surface area contributed by atoms with Gasteiger partial charge in [-0.25, -0.2) is 0 Å². The van der Waals surface area contributed by atoms with Crippen LogP contribution in [0.5, 0.6) is 0 Å². The Morgan fingerprint density at radius 1 is 1.61 bits per heavy atom. The van der Waals surface area contributed by atoms with Gasteiger partial charge in [0.2, 0.25) is 12.3 Å². The van der Waals surface area contributed by atoms with Crippen molar-refractivity contribution < 1.29 is 14.3 Å². The van der Waals surface area contributed by atoms with Crippen molar-refractivity contribution >= 4 is 12.3 Å². The molecule has 0 unspecified atom stereocenters. The van der Waals surface area contributed by atoms with Gasteiger partial charge in [0.25, 0.3) is 0 Å². The summed E-state index contributed by atoms with van der Waals surface area (Å²) in [5.74, 6) is -0.0395. The third-order valence-electron chi connectivity index (χ3n) is 3.19. The molecule has 0 bridgehead atoms. The van der Waals surface area contributed by atoms with Crippen molar-refractivity contribution in [1.29, 1.82) is 0 Å². The maximum atomic E-state index is 11.9. The van der Waals surface area contributed by atoms with E-state index in [1.165, 1.54) is 0 Å². The molecule has 2 amide bonds. The van der Waals surface area contributed by atoms with E-state index in [1.807, 2.05) is 6.92 Å². The maximum Gasteiger partial charge on any atom is 0.242 e. The van der Waals surface area contributed by atoms with E-state index >= 15 is 0 Å². The van der Waals surface area contributed by atoms with E-state index in [1.54, 1.807) is 4.90 Å². The lowest BCUT2D eigenvalue weighted by Gasteiger charge is -2.19. The van der Waals surface area contributed by atoms with Gasteiger partial charge in [0, 0.05) is 19.7 Å². The van der Waals surface area contributed by atoms with Crippen LogP contribution in [0.3, 0.4) is 0 Å². The molecule has 2 atom stereocenters. The minimum atomic E-state index is -0.269. The quantitative estimate of drug-likeness (QED) is 0.657. The Hall–Kier alpha value is -1.10. The summed E-state index contributed by atoms with van der Waals surface area (Å²) in [6.07, 6.45) is 4.42. The van der Waals surface area contributed by atoms with Gasteiger partial charge in [-0.1, -0.05) is 6.92 Å². The Morgan fingerprint density at radius 3 is 3.06 bits per heavy atom. The summed E-state index contributed by atoms with van der Waals surface area (Å²) in [7, 11) is 0. The summed E-state index contributed by atoms with van der Waals surface area (Å²) in [6.45, 7) is 6.14. The molecule has 1 heterocycles. The monoisotopic (exact) mass is 256 g/mol. The number of nitrogens with one attached hydrogen (secondary N) is 1. The summed E-state index contributed by atoms with van der Waals surface area (Å²) in [5, 5.41) is 2.88. The number of nitrogens with zero attached hydrogens (tertiary/aromatic N) is 1. The van der Waals surface area contributed by atoms with Gasteiger partial charge < -0.3 is 15.0 Å². The zero-order chi connectivity index (χ0) is 13.4. The van der Waals surface area contributed by atoms with Gasteiger partial charge >= 0.3 is 0 Å². The van der Waals surface area contributed by atoms with Crippen LogP contribution in [-0.2, 0) is 14.3 Å². The number of hydrogen-bond acceptors (Lipinski definition) is 3. The van der Waals surface area contributed by atoms with Crippen molar-refractivity contribution in [3.05, 3.63) is 0 Å². The Morgan fingerprint density at radius 2 is 2.39 bits per heavy atom. The largest absolute Gasteiger partial charge is 0.378 e. The molecule has 0 aromatic rings. The predicted molar refractivity (Wildman–Crippen MR) is 69.1 cm³/mol. The lowest BCUT2D eigenvalue weighted by atomic mass is 10.2. The molecule has 0 aliphatic carbocycles. The van der Waals surface area contributed by atoms with E-state index in [0.29, 0.717) is 13.1 Å². The third-order valence-corrected chi connectivity index (χ3v) is 3.19. The smallest absolute Gasteiger partial charge is 0.242 e.